The van der Waals surface area contributed by atoms with E-state index in [0.29, 0.717) is 24.5 Å². The van der Waals surface area contributed by atoms with Gasteiger partial charge in [0.2, 0.25) is 0 Å². The minimum absolute atomic E-state index is 0.0397. The summed E-state index contributed by atoms with van der Waals surface area (Å²) in [7, 11) is -3.58. The van der Waals surface area contributed by atoms with Crippen LogP contribution in [0.3, 0.4) is 0 Å². The smallest absolute Gasteiger partial charge is 0.260 e. The van der Waals surface area contributed by atoms with Crippen LogP contribution in [0, 0.1) is 0 Å². The number of carbonyl (C=O) groups excluding carboxylic acids is 2. The molecular weight excluding hydrogens is 451 g/mol. The lowest BCUT2D eigenvalue weighted by Gasteiger charge is -2.19. The van der Waals surface area contributed by atoms with E-state index in [9.17, 15) is 18.0 Å². The van der Waals surface area contributed by atoms with E-state index >= 15 is 0 Å². The summed E-state index contributed by atoms with van der Waals surface area (Å²) < 4.78 is 29.0. The fourth-order valence-corrected chi connectivity index (χ4v) is 4.17. The number of rotatable bonds is 8. The van der Waals surface area contributed by atoms with E-state index in [-0.39, 0.29) is 33.0 Å². The number of ether oxygens (including phenoxy) is 1. The van der Waals surface area contributed by atoms with Crippen LogP contribution in [0.2, 0.25) is 10.0 Å². The van der Waals surface area contributed by atoms with Crippen LogP contribution in [-0.4, -0.2) is 51.1 Å². The van der Waals surface area contributed by atoms with Gasteiger partial charge in [0, 0.05) is 30.6 Å². The maximum atomic E-state index is 12.5. The van der Waals surface area contributed by atoms with Gasteiger partial charge in [0.05, 0.1) is 14.9 Å². The zero-order chi connectivity index (χ0) is 22.5. The minimum atomic E-state index is -3.58. The van der Waals surface area contributed by atoms with Gasteiger partial charge in [0.15, 0.2) is 16.4 Å². The molecule has 0 saturated carbocycles. The molecule has 0 unspecified atom stereocenters. The van der Waals surface area contributed by atoms with Crippen LogP contribution < -0.4 is 10.1 Å². The third-order valence-electron chi connectivity index (χ3n) is 4.25. The van der Waals surface area contributed by atoms with Crippen molar-refractivity contribution in [2.75, 3.05) is 31.3 Å². The first kappa shape index (κ1) is 24.0. The van der Waals surface area contributed by atoms with E-state index in [2.05, 4.69) is 5.32 Å². The van der Waals surface area contributed by atoms with Gasteiger partial charge >= 0.3 is 0 Å². The second-order valence-electron chi connectivity index (χ2n) is 6.37. The Morgan fingerprint density at radius 1 is 1.03 bits per heavy atom. The van der Waals surface area contributed by atoms with Gasteiger partial charge in [-0.15, -0.1) is 0 Å². The summed E-state index contributed by atoms with van der Waals surface area (Å²) in [6, 6.07) is 8.56. The van der Waals surface area contributed by atoms with Gasteiger partial charge in [0.1, 0.15) is 5.75 Å². The van der Waals surface area contributed by atoms with Crippen LogP contribution in [0.15, 0.2) is 41.3 Å². The molecule has 0 fully saturated rings. The molecule has 10 heteroatoms. The van der Waals surface area contributed by atoms with Gasteiger partial charge in [0.25, 0.3) is 11.8 Å². The molecule has 2 aromatic carbocycles. The molecule has 0 aliphatic rings. The molecule has 0 aliphatic heterocycles. The van der Waals surface area contributed by atoms with E-state index in [1.807, 2.05) is 13.8 Å². The first-order valence-corrected chi connectivity index (χ1v) is 11.7. The molecular formula is C20H22Cl2N2O5S. The number of hydrogen-bond donors (Lipinski definition) is 1. The van der Waals surface area contributed by atoms with Crippen molar-refractivity contribution in [2.24, 2.45) is 0 Å². The number of carbonyl (C=O) groups is 2. The van der Waals surface area contributed by atoms with Crippen molar-refractivity contribution in [2.45, 2.75) is 18.7 Å². The van der Waals surface area contributed by atoms with Gasteiger partial charge in [-0.05, 0) is 50.2 Å². The van der Waals surface area contributed by atoms with Gasteiger partial charge in [-0.3, -0.25) is 9.59 Å². The van der Waals surface area contributed by atoms with Crippen molar-refractivity contribution in [3.8, 4) is 5.75 Å². The molecule has 0 radical (unpaired) electrons. The molecule has 1 N–H and O–H groups in total. The quantitative estimate of drug-likeness (QED) is 0.628. The van der Waals surface area contributed by atoms with E-state index in [1.165, 1.54) is 30.3 Å². The first-order valence-electron chi connectivity index (χ1n) is 9.07. The Hall–Kier alpha value is -2.29. The standard InChI is InChI=1S/C20H22Cl2N2O5S/c1-4-24(5-2)19(25)12-29-17-9-7-14(11-16(17)22)23-20(26)13-6-8-15(21)18(10-13)30(3,27)28/h6-11H,4-5,12H2,1-3H3,(H,23,26). The van der Waals surface area contributed by atoms with Crippen molar-refractivity contribution < 1.29 is 22.7 Å². The number of amides is 2. The Labute approximate surface area is 185 Å². The number of nitrogens with one attached hydrogen (secondary N) is 1. The van der Waals surface area contributed by atoms with Crippen molar-refractivity contribution in [3.05, 3.63) is 52.0 Å². The van der Waals surface area contributed by atoms with E-state index in [4.69, 9.17) is 27.9 Å². The zero-order valence-corrected chi connectivity index (χ0v) is 19.1. The van der Waals surface area contributed by atoms with Crippen molar-refractivity contribution in [1.82, 2.24) is 4.90 Å². The number of sulfone groups is 1. The second kappa shape index (κ2) is 10.1. The van der Waals surface area contributed by atoms with E-state index in [1.54, 1.807) is 11.0 Å². The number of hydrogen-bond acceptors (Lipinski definition) is 5. The molecule has 0 spiro atoms. The summed E-state index contributed by atoms with van der Waals surface area (Å²) in [5, 5.41) is 2.89. The highest BCUT2D eigenvalue weighted by atomic mass is 35.5. The third kappa shape index (κ3) is 6.10. The highest BCUT2D eigenvalue weighted by Gasteiger charge is 2.17. The average molecular weight is 473 g/mol. The molecule has 2 rings (SSSR count). The van der Waals surface area contributed by atoms with Gasteiger partial charge in [-0.25, -0.2) is 8.42 Å². The first-order chi connectivity index (χ1) is 14.1. The fraction of sp³-hybridized carbons (Fsp3) is 0.300. The lowest BCUT2D eigenvalue weighted by atomic mass is 10.2. The Balaban J connectivity index is 2.11. The molecule has 7 nitrogen and oxygen atoms in total. The van der Waals surface area contributed by atoms with Crippen LogP contribution in [0.1, 0.15) is 24.2 Å². The monoisotopic (exact) mass is 472 g/mol. The van der Waals surface area contributed by atoms with Gasteiger partial charge < -0.3 is 15.0 Å². The zero-order valence-electron chi connectivity index (χ0n) is 16.7. The molecule has 0 aliphatic carbocycles. The SMILES string of the molecule is CCN(CC)C(=O)COc1ccc(NC(=O)c2ccc(Cl)c(S(C)(=O)=O)c2)cc1Cl. The number of benzene rings is 2. The predicted octanol–water partition coefficient (Wildman–Crippen LogP) is 3.90. The number of anilines is 1. The number of likely N-dealkylation sites (N-methyl/N-ethyl adjacent to an activating group) is 1. The van der Waals surface area contributed by atoms with Crippen molar-refractivity contribution >= 4 is 50.5 Å². The summed E-state index contributed by atoms with van der Waals surface area (Å²) >= 11 is 12.1. The van der Waals surface area contributed by atoms with E-state index < -0.39 is 15.7 Å². The fourth-order valence-electron chi connectivity index (χ4n) is 2.63. The van der Waals surface area contributed by atoms with Crippen LogP contribution in [0.25, 0.3) is 0 Å². The highest BCUT2D eigenvalue weighted by molar-refractivity contribution is 7.90. The largest absolute Gasteiger partial charge is 0.482 e. The molecule has 0 aromatic heterocycles. The Morgan fingerprint density at radius 3 is 2.27 bits per heavy atom. The number of nitrogens with zero attached hydrogens (tertiary/aromatic N) is 1. The summed E-state index contributed by atoms with van der Waals surface area (Å²) in [4.78, 5) is 26.0. The van der Waals surface area contributed by atoms with Crippen LogP contribution in [-0.2, 0) is 14.6 Å². The molecule has 162 valence electrons. The highest BCUT2D eigenvalue weighted by Crippen LogP contribution is 2.28. The van der Waals surface area contributed by atoms with Crippen LogP contribution in [0.5, 0.6) is 5.75 Å². The van der Waals surface area contributed by atoms with Crippen molar-refractivity contribution in [1.29, 1.82) is 0 Å². The third-order valence-corrected chi connectivity index (χ3v) is 6.12. The molecule has 2 amide bonds. The maximum absolute atomic E-state index is 12.5. The Kier molecular flexibility index (Phi) is 8.11. The van der Waals surface area contributed by atoms with Crippen LogP contribution in [0.4, 0.5) is 5.69 Å². The summed E-state index contributed by atoms with van der Waals surface area (Å²) in [6.07, 6.45) is 1.01. The molecule has 30 heavy (non-hydrogen) atoms. The molecule has 0 saturated heterocycles. The molecule has 2 aromatic rings. The predicted molar refractivity (Wildman–Crippen MR) is 117 cm³/mol. The summed E-state index contributed by atoms with van der Waals surface area (Å²) in [5.41, 5.74) is 0.504. The minimum Gasteiger partial charge on any atom is -0.482 e. The molecule has 0 bridgehead atoms. The van der Waals surface area contributed by atoms with Crippen LogP contribution >= 0.6 is 23.2 Å². The Bertz CT molecular complexity index is 1050. The molecule has 0 heterocycles. The normalized spacial score (nSPS) is 11.1. The lowest BCUT2D eigenvalue weighted by Crippen LogP contribution is -2.34. The lowest BCUT2D eigenvalue weighted by molar-refractivity contribution is -0.132. The van der Waals surface area contributed by atoms with E-state index in [0.717, 1.165) is 6.26 Å². The van der Waals surface area contributed by atoms with Gasteiger partial charge in [-0.1, -0.05) is 23.2 Å². The number of halogens is 2. The van der Waals surface area contributed by atoms with Gasteiger partial charge in [-0.2, -0.15) is 0 Å². The summed E-state index contributed by atoms with van der Waals surface area (Å²) in [6.45, 7) is 4.79. The maximum Gasteiger partial charge on any atom is 0.260 e. The molecule has 0 atom stereocenters. The second-order valence-corrected chi connectivity index (χ2v) is 9.17. The summed E-state index contributed by atoms with van der Waals surface area (Å²) in [5.74, 6) is -0.378. The average Bonchev–Trinajstić information content (AvgIpc) is 2.67. The Morgan fingerprint density at radius 2 is 1.70 bits per heavy atom. The van der Waals surface area contributed by atoms with Crippen molar-refractivity contribution in [3.63, 3.8) is 0 Å². The topological polar surface area (TPSA) is 92.8 Å².